The summed E-state index contributed by atoms with van der Waals surface area (Å²) in [5, 5.41) is 14.1. The molecule has 0 aliphatic heterocycles. The number of nitrogens with zero attached hydrogens (tertiary/aromatic N) is 2. The molecule has 0 aliphatic carbocycles. The predicted molar refractivity (Wildman–Crippen MR) is 60.3 cm³/mol. The van der Waals surface area contributed by atoms with Crippen molar-refractivity contribution in [2.24, 2.45) is 0 Å². The van der Waals surface area contributed by atoms with Gasteiger partial charge in [0.1, 0.15) is 17.3 Å². The molecule has 1 aromatic heterocycles. The molecule has 0 bridgehead atoms. The quantitative estimate of drug-likeness (QED) is 0.862. The van der Waals surface area contributed by atoms with Gasteiger partial charge in [0.2, 0.25) is 0 Å². The van der Waals surface area contributed by atoms with Crippen molar-refractivity contribution in [3.05, 3.63) is 35.3 Å². The van der Waals surface area contributed by atoms with E-state index in [0.29, 0.717) is 0 Å². The Balaban J connectivity index is 2.57. The van der Waals surface area contributed by atoms with Crippen molar-refractivity contribution >= 4 is 0 Å². The van der Waals surface area contributed by atoms with E-state index >= 15 is 0 Å². The minimum atomic E-state index is -4.73. The van der Waals surface area contributed by atoms with Crippen LogP contribution in [0.5, 0.6) is 5.75 Å². The fourth-order valence-electron chi connectivity index (χ4n) is 1.68. The number of nitrogens with one attached hydrogen (secondary N) is 1. The number of benzene rings is 1. The van der Waals surface area contributed by atoms with E-state index in [2.05, 4.69) is 5.10 Å². The second-order valence-corrected chi connectivity index (χ2v) is 3.78. The molecule has 2 rings (SSSR count). The number of hydrogen-bond donors (Lipinski definition) is 1. The highest BCUT2D eigenvalue weighted by atomic mass is 19.4. The summed E-state index contributed by atoms with van der Waals surface area (Å²) in [6.45, 7) is 0. The van der Waals surface area contributed by atoms with E-state index in [4.69, 9.17) is 10.00 Å². The van der Waals surface area contributed by atoms with Crippen LogP contribution in [0.3, 0.4) is 0 Å². The number of nitriles is 1. The highest BCUT2D eigenvalue weighted by Crippen LogP contribution is 2.35. The maximum Gasteiger partial charge on any atom is 0.434 e. The number of H-pyrrole nitrogens is 1. The van der Waals surface area contributed by atoms with Gasteiger partial charge in [0.05, 0.1) is 7.11 Å². The van der Waals surface area contributed by atoms with Crippen LogP contribution in [0, 0.1) is 17.1 Å². The first kappa shape index (κ1) is 13.9. The summed E-state index contributed by atoms with van der Waals surface area (Å²) in [6, 6.07) is 4.95. The zero-order chi connectivity index (χ0) is 14.9. The van der Waals surface area contributed by atoms with Gasteiger partial charge < -0.3 is 4.74 Å². The molecule has 20 heavy (non-hydrogen) atoms. The standard InChI is InChI=1S/C12H7F4N3O/c1-20-9-3-2-6(4-8(9)13)10-7(5-17)11(19-18-10)12(14,15)16/h2-4H,1H3,(H,18,19). The maximum absolute atomic E-state index is 13.5. The Morgan fingerprint density at radius 3 is 2.55 bits per heavy atom. The van der Waals surface area contributed by atoms with Crippen LogP contribution < -0.4 is 4.74 Å². The van der Waals surface area contributed by atoms with Gasteiger partial charge in [-0.25, -0.2) is 4.39 Å². The number of alkyl halides is 3. The number of rotatable bonds is 2. The average Bonchev–Trinajstić information content (AvgIpc) is 2.82. The topological polar surface area (TPSA) is 61.7 Å². The van der Waals surface area contributed by atoms with E-state index in [0.717, 1.165) is 6.07 Å². The summed E-state index contributed by atoms with van der Waals surface area (Å²) in [6.07, 6.45) is -4.73. The molecule has 0 atom stereocenters. The van der Waals surface area contributed by atoms with E-state index in [9.17, 15) is 17.6 Å². The Bertz CT molecular complexity index is 685. The Kier molecular flexibility index (Phi) is 3.36. The molecule has 1 N–H and O–H groups in total. The summed E-state index contributed by atoms with van der Waals surface area (Å²) >= 11 is 0. The van der Waals surface area contributed by atoms with Gasteiger partial charge in [-0.05, 0) is 18.2 Å². The van der Waals surface area contributed by atoms with Crippen LogP contribution in [0.1, 0.15) is 11.3 Å². The fraction of sp³-hybridized carbons (Fsp3) is 0.167. The number of aromatic amines is 1. The smallest absolute Gasteiger partial charge is 0.434 e. The van der Waals surface area contributed by atoms with Crippen molar-refractivity contribution in [3.8, 4) is 23.1 Å². The van der Waals surface area contributed by atoms with Gasteiger partial charge in [-0.1, -0.05) is 0 Å². The summed E-state index contributed by atoms with van der Waals surface area (Å²) < 4.78 is 56.2. The molecule has 0 saturated carbocycles. The molecule has 0 radical (unpaired) electrons. The van der Waals surface area contributed by atoms with Crippen molar-refractivity contribution < 1.29 is 22.3 Å². The van der Waals surface area contributed by atoms with E-state index in [1.54, 1.807) is 5.10 Å². The molecule has 1 aromatic carbocycles. The van der Waals surface area contributed by atoms with Gasteiger partial charge in [-0.3, -0.25) is 5.10 Å². The number of halogens is 4. The van der Waals surface area contributed by atoms with Crippen LogP contribution in [-0.2, 0) is 6.18 Å². The Morgan fingerprint density at radius 1 is 1.35 bits per heavy atom. The molecule has 2 aromatic rings. The third-order valence-corrected chi connectivity index (χ3v) is 2.59. The van der Waals surface area contributed by atoms with E-state index < -0.39 is 23.3 Å². The van der Waals surface area contributed by atoms with E-state index in [1.807, 2.05) is 0 Å². The molecule has 1 heterocycles. The molecule has 0 saturated heterocycles. The number of hydrogen-bond acceptors (Lipinski definition) is 3. The Labute approximate surface area is 110 Å². The SMILES string of the molecule is COc1ccc(-c2n[nH]c(C(F)(F)F)c2C#N)cc1F. The molecule has 4 nitrogen and oxygen atoms in total. The lowest BCUT2D eigenvalue weighted by molar-refractivity contribution is -0.141. The molecule has 0 aliphatic rings. The lowest BCUT2D eigenvalue weighted by Gasteiger charge is -2.04. The van der Waals surface area contributed by atoms with Crippen LogP contribution in [0.2, 0.25) is 0 Å². The molecule has 0 fully saturated rings. The van der Waals surface area contributed by atoms with Gasteiger partial charge in [0, 0.05) is 5.56 Å². The first-order chi connectivity index (χ1) is 9.38. The normalized spacial score (nSPS) is 11.2. The Hall–Kier alpha value is -2.56. The molecule has 104 valence electrons. The molecule has 0 spiro atoms. The first-order valence-corrected chi connectivity index (χ1v) is 5.28. The van der Waals surface area contributed by atoms with Crippen molar-refractivity contribution in [1.82, 2.24) is 10.2 Å². The average molecular weight is 285 g/mol. The van der Waals surface area contributed by atoms with Crippen molar-refractivity contribution in [2.75, 3.05) is 7.11 Å². The molecular weight excluding hydrogens is 278 g/mol. The molecule has 8 heteroatoms. The molecule has 0 amide bonds. The first-order valence-electron chi connectivity index (χ1n) is 5.28. The van der Waals surface area contributed by atoms with Crippen LogP contribution in [0.4, 0.5) is 17.6 Å². The van der Waals surface area contributed by atoms with Crippen LogP contribution in [0.15, 0.2) is 18.2 Å². The third kappa shape index (κ3) is 2.30. The molecular formula is C12H7F4N3O. The van der Waals surface area contributed by atoms with Gasteiger partial charge in [-0.2, -0.15) is 23.5 Å². The second-order valence-electron chi connectivity index (χ2n) is 3.78. The van der Waals surface area contributed by atoms with Crippen LogP contribution >= 0.6 is 0 Å². The fourth-order valence-corrected chi connectivity index (χ4v) is 1.68. The summed E-state index contributed by atoms with van der Waals surface area (Å²) in [5.74, 6) is -0.815. The highest BCUT2D eigenvalue weighted by molar-refractivity contribution is 5.68. The number of aromatic nitrogens is 2. The van der Waals surface area contributed by atoms with Gasteiger partial charge >= 0.3 is 6.18 Å². The maximum atomic E-state index is 13.5. The highest BCUT2D eigenvalue weighted by Gasteiger charge is 2.37. The van der Waals surface area contributed by atoms with Crippen LogP contribution in [0.25, 0.3) is 11.3 Å². The molecule has 0 unspecified atom stereocenters. The Morgan fingerprint density at radius 2 is 2.05 bits per heavy atom. The van der Waals surface area contributed by atoms with Crippen molar-refractivity contribution in [3.63, 3.8) is 0 Å². The largest absolute Gasteiger partial charge is 0.494 e. The second kappa shape index (κ2) is 4.85. The number of methoxy groups -OCH3 is 1. The monoisotopic (exact) mass is 285 g/mol. The lowest BCUT2D eigenvalue weighted by Crippen LogP contribution is -2.07. The van der Waals surface area contributed by atoms with Gasteiger partial charge in [0.25, 0.3) is 0 Å². The van der Waals surface area contributed by atoms with Gasteiger partial charge in [-0.15, -0.1) is 0 Å². The summed E-state index contributed by atoms with van der Waals surface area (Å²) in [5.41, 5.74) is -2.15. The summed E-state index contributed by atoms with van der Waals surface area (Å²) in [4.78, 5) is 0. The van der Waals surface area contributed by atoms with Crippen molar-refractivity contribution in [2.45, 2.75) is 6.18 Å². The summed E-state index contributed by atoms with van der Waals surface area (Å²) in [7, 11) is 1.26. The van der Waals surface area contributed by atoms with Crippen molar-refractivity contribution in [1.29, 1.82) is 5.26 Å². The van der Waals surface area contributed by atoms with Gasteiger partial charge in [0.15, 0.2) is 17.3 Å². The zero-order valence-electron chi connectivity index (χ0n) is 10.0. The minimum absolute atomic E-state index is 0.0478. The van der Waals surface area contributed by atoms with Crippen LogP contribution in [-0.4, -0.2) is 17.3 Å². The zero-order valence-corrected chi connectivity index (χ0v) is 10.0. The number of ether oxygens (including phenoxy) is 1. The van der Waals surface area contributed by atoms with E-state index in [1.165, 1.54) is 25.3 Å². The van der Waals surface area contributed by atoms with E-state index in [-0.39, 0.29) is 17.0 Å². The predicted octanol–water partition coefficient (Wildman–Crippen LogP) is 3.11. The minimum Gasteiger partial charge on any atom is -0.494 e. The third-order valence-electron chi connectivity index (χ3n) is 2.59. The lowest BCUT2D eigenvalue weighted by atomic mass is 10.1.